The highest BCUT2D eigenvalue weighted by Crippen LogP contribution is 2.31. The lowest BCUT2D eigenvalue weighted by atomic mass is 9.95. The lowest BCUT2D eigenvalue weighted by molar-refractivity contribution is 0.461. The highest BCUT2D eigenvalue weighted by atomic mass is 35.5. The number of rotatable bonds is 7. The van der Waals surface area contributed by atoms with Crippen molar-refractivity contribution in [1.29, 1.82) is 0 Å². The van der Waals surface area contributed by atoms with Gasteiger partial charge in [-0.15, -0.1) is 0 Å². The summed E-state index contributed by atoms with van der Waals surface area (Å²) >= 11 is 6.09. The van der Waals surface area contributed by atoms with E-state index in [-0.39, 0.29) is 15.7 Å². The van der Waals surface area contributed by atoms with Gasteiger partial charge in [-0.2, -0.15) is 0 Å². The number of anilines is 2. The van der Waals surface area contributed by atoms with Crippen LogP contribution in [-0.2, 0) is 16.4 Å². The fourth-order valence-corrected chi connectivity index (χ4v) is 6.43. The molecule has 1 fully saturated rings. The molecule has 0 bridgehead atoms. The van der Waals surface area contributed by atoms with Crippen molar-refractivity contribution in [3.05, 3.63) is 71.0 Å². The van der Waals surface area contributed by atoms with E-state index in [1.54, 1.807) is 30.5 Å². The lowest BCUT2D eigenvalue weighted by Gasteiger charge is -2.22. The molecule has 7 nitrogen and oxygen atoms in total. The molecule has 0 amide bonds. The molecule has 37 heavy (non-hydrogen) atoms. The number of fused-ring (bicyclic) bond motifs is 1. The summed E-state index contributed by atoms with van der Waals surface area (Å²) < 4.78 is 28.2. The summed E-state index contributed by atoms with van der Waals surface area (Å²) in [5.41, 5.74) is 4.89. The third-order valence-electron chi connectivity index (χ3n) is 6.87. The molecule has 1 aliphatic carbocycles. The van der Waals surface area contributed by atoms with E-state index in [1.165, 1.54) is 25.3 Å². The fourth-order valence-electron chi connectivity index (χ4n) is 4.91. The van der Waals surface area contributed by atoms with Gasteiger partial charge in [-0.25, -0.2) is 23.4 Å². The van der Waals surface area contributed by atoms with E-state index < -0.39 is 10.0 Å². The summed E-state index contributed by atoms with van der Waals surface area (Å²) in [4.78, 5) is 13.9. The number of nitrogens with one attached hydrogen (secondary N) is 2. The van der Waals surface area contributed by atoms with Crippen molar-refractivity contribution in [3.8, 4) is 11.1 Å². The van der Waals surface area contributed by atoms with E-state index in [2.05, 4.69) is 39.1 Å². The van der Waals surface area contributed by atoms with Gasteiger partial charge in [0.05, 0.1) is 10.5 Å². The molecule has 0 aliphatic heterocycles. The van der Waals surface area contributed by atoms with Crippen molar-refractivity contribution in [2.75, 3.05) is 10.0 Å². The number of hydrogen-bond donors (Lipinski definition) is 2. The lowest BCUT2D eigenvalue weighted by Crippen LogP contribution is -2.23. The highest BCUT2D eigenvalue weighted by molar-refractivity contribution is 7.92. The minimum atomic E-state index is -3.86. The largest absolute Gasteiger partial charge is 0.351 e. The first-order chi connectivity index (χ1) is 17.8. The molecule has 0 unspecified atom stereocenters. The Labute approximate surface area is 222 Å². The molecule has 192 valence electrons. The van der Waals surface area contributed by atoms with Gasteiger partial charge in [-0.3, -0.25) is 4.72 Å². The molecule has 0 saturated heterocycles. The quantitative estimate of drug-likeness (QED) is 0.271. The van der Waals surface area contributed by atoms with Crippen LogP contribution in [0.1, 0.15) is 50.2 Å². The molecule has 5 rings (SSSR count). The molecule has 2 N–H and O–H groups in total. The average molecular weight is 536 g/mol. The van der Waals surface area contributed by atoms with Crippen LogP contribution in [0.2, 0.25) is 5.02 Å². The van der Waals surface area contributed by atoms with Crippen molar-refractivity contribution in [2.45, 2.75) is 63.3 Å². The van der Waals surface area contributed by atoms with Crippen LogP contribution in [0.15, 0.2) is 59.8 Å². The highest BCUT2D eigenvalue weighted by Gasteiger charge is 2.19. The molecule has 2 heterocycles. The molecule has 9 heteroatoms. The predicted octanol–water partition coefficient (Wildman–Crippen LogP) is 6.76. The molecule has 2 aromatic heterocycles. The Balaban J connectivity index is 1.43. The standard InChI is InChI=1S/C28H30ClN5O2S/c1-3-19-14-20(15-21-16-31-28(33-27(19)21)32-22-9-5-4-6-10-22)23-17-30-26(13-18(23)2)34-37(35,36)25-12-8-7-11-24(25)29/h7-8,11-17,22H,3-6,9-10H2,1-2H3,(H,30,34)(H,31,32,33). The number of benzene rings is 2. The molecule has 0 radical (unpaired) electrons. The predicted molar refractivity (Wildman–Crippen MR) is 150 cm³/mol. The number of halogens is 1. The first-order valence-corrected chi connectivity index (χ1v) is 14.5. The number of sulfonamides is 1. The van der Waals surface area contributed by atoms with Crippen LogP contribution < -0.4 is 10.0 Å². The van der Waals surface area contributed by atoms with Gasteiger partial charge in [0, 0.05) is 29.4 Å². The Morgan fingerprint density at radius 2 is 1.81 bits per heavy atom. The third-order valence-corrected chi connectivity index (χ3v) is 8.72. The second kappa shape index (κ2) is 10.6. The van der Waals surface area contributed by atoms with Gasteiger partial charge in [0.1, 0.15) is 10.7 Å². The fraction of sp³-hybridized carbons (Fsp3) is 0.321. The zero-order valence-corrected chi connectivity index (χ0v) is 22.5. The minimum absolute atomic E-state index is 0.0136. The second-order valence-electron chi connectivity index (χ2n) is 9.52. The maximum absolute atomic E-state index is 12.8. The van der Waals surface area contributed by atoms with Gasteiger partial charge in [0.25, 0.3) is 10.0 Å². The Kier molecular flexibility index (Phi) is 7.31. The normalized spacial score (nSPS) is 14.6. The maximum Gasteiger partial charge on any atom is 0.264 e. The Morgan fingerprint density at radius 1 is 1.03 bits per heavy atom. The van der Waals surface area contributed by atoms with E-state index >= 15 is 0 Å². The van der Waals surface area contributed by atoms with Gasteiger partial charge in [0.2, 0.25) is 5.95 Å². The van der Waals surface area contributed by atoms with Gasteiger partial charge >= 0.3 is 0 Å². The van der Waals surface area contributed by atoms with Crippen molar-refractivity contribution in [1.82, 2.24) is 15.0 Å². The van der Waals surface area contributed by atoms with E-state index in [1.807, 2.05) is 13.1 Å². The van der Waals surface area contributed by atoms with Crippen LogP contribution >= 0.6 is 11.6 Å². The van der Waals surface area contributed by atoms with Crippen LogP contribution in [0.25, 0.3) is 22.0 Å². The van der Waals surface area contributed by atoms with Crippen molar-refractivity contribution in [3.63, 3.8) is 0 Å². The number of aryl methyl sites for hydroxylation is 2. The molecular weight excluding hydrogens is 506 g/mol. The zero-order valence-electron chi connectivity index (χ0n) is 21.0. The zero-order chi connectivity index (χ0) is 26.0. The molecule has 1 saturated carbocycles. The van der Waals surface area contributed by atoms with Gasteiger partial charge in [-0.05, 0) is 73.2 Å². The maximum atomic E-state index is 12.8. The second-order valence-corrected chi connectivity index (χ2v) is 11.6. The number of aromatic nitrogens is 3. The summed E-state index contributed by atoms with van der Waals surface area (Å²) in [7, 11) is -3.86. The molecule has 1 aliphatic rings. The van der Waals surface area contributed by atoms with E-state index in [0.717, 1.165) is 52.4 Å². The van der Waals surface area contributed by atoms with Crippen molar-refractivity contribution >= 4 is 44.3 Å². The summed E-state index contributed by atoms with van der Waals surface area (Å²) in [6, 6.07) is 12.7. The van der Waals surface area contributed by atoms with Gasteiger partial charge in [-0.1, -0.05) is 49.9 Å². The minimum Gasteiger partial charge on any atom is -0.351 e. The van der Waals surface area contributed by atoms with Crippen LogP contribution in [-0.4, -0.2) is 29.4 Å². The third kappa shape index (κ3) is 5.55. The Hall–Kier alpha value is -3.23. The molecule has 4 aromatic rings. The summed E-state index contributed by atoms with van der Waals surface area (Å²) in [5, 5.41) is 4.65. The van der Waals surface area contributed by atoms with Gasteiger partial charge < -0.3 is 5.32 Å². The van der Waals surface area contributed by atoms with Crippen molar-refractivity contribution < 1.29 is 8.42 Å². The molecule has 0 atom stereocenters. The Morgan fingerprint density at radius 3 is 2.54 bits per heavy atom. The number of nitrogens with zero attached hydrogens (tertiary/aromatic N) is 3. The number of hydrogen-bond acceptors (Lipinski definition) is 6. The summed E-state index contributed by atoms with van der Waals surface area (Å²) in [6.45, 7) is 4.06. The summed E-state index contributed by atoms with van der Waals surface area (Å²) in [6.07, 6.45) is 10.5. The monoisotopic (exact) mass is 535 g/mol. The summed E-state index contributed by atoms with van der Waals surface area (Å²) in [5.74, 6) is 0.925. The molecule has 0 spiro atoms. The Bertz CT molecular complexity index is 1550. The van der Waals surface area contributed by atoms with Gasteiger partial charge in [0.15, 0.2) is 0 Å². The van der Waals surface area contributed by atoms with Crippen LogP contribution in [0, 0.1) is 6.92 Å². The smallest absolute Gasteiger partial charge is 0.264 e. The average Bonchev–Trinajstić information content (AvgIpc) is 2.89. The first-order valence-electron chi connectivity index (χ1n) is 12.6. The SMILES string of the molecule is CCc1cc(-c2cnc(NS(=O)(=O)c3ccccc3Cl)cc2C)cc2cnc(NC3CCCCC3)nc12. The van der Waals surface area contributed by atoms with E-state index in [4.69, 9.17) is 16.6 Å². The van der Waals surface area contributed by atoms with E-state index in [9.17, 15) is 8.42 Å². The van der Waals surface area contributed by atoms with Crippen molar-refractivity contribution in [2.24, 2.45) is 0 Å². The van der Waals surface area contributed by atoms with Crippen LogP contribution in [0.5, 0.6) is 0 Å². The number of pyridine rings is 1. The molecule has 2 aromatic carbocycles. The topological polar surface area (TPSA) is 96.9 Å². The van der Waals surface area contributed by atoms with E-state index in [0.29, 0.717) is 12.0 Å². The first kappa shape index (κ1) is 25.4. The van der Waals surface area contributed by atoms with Crippen LogP contribution in [0.3, 0.4) is 0 Å². The molecular formula is C28H30ClN5O2S. The van der Waals surface area contributed by atoms with Crippen LogP contribution in [0.4, 0.5) is 11.8 Å².